The second-order valence-electron chi connectivity index (χ2n) is 5.77. The first-order chi connectivity index (χ1) is 9.44. The first-order valence-electron chi connectivity index (χ1n) is 7.32. The highest BCUT2D eigenvalue weighted by Crippen LogP contribution is 2.28. The Morgan fingerprint density at radius 1 is 1.30 bits per heavy atom. The predicted octanol–water partition coefficient (Wildman–Crippen LogP) is 1.97. The van der Waals surface area contributed by atoms with Crippen LogP contribution in [0.4, 0.5) is 0 Å². The van der Waals surface area contributed by atoms with Gasteiger partial charge in [0.25, 0.3) is 10.1 Å². The van der Waals surface area contributed by atoms with Crippen molar-refractivity contribution >= 4 is 10.1 Å². The normalized spacial score (nSPS) is 33.0. The first kappa shape index (κ1) is 15.9. The molecule has 1 aliphatic carbocycles. The van der Waals surface area contributed by atoms with E-state index in [2.05, 4.69) is 6.08 Å². The van der Waals surface area contributed by atoms with Gasteiger partial charge in [0.15, 0.2) is 6.29 Å². The molecule has 5 nitrogen and oxygen atoms in total. The van der Waals surface area contributed by atoms with Crippen LogP contribution in [-0.2, 0) is 19.0 Å². The van der Waals surface area contributed by atoms with Crippen LogP contribution < -0.4 is 0 Å². The van der Waals surface area contributed by atoms with Crippen molar-refractivity contribution in [2.75, 3.05) is 6.26 Å². The standard InChI is InChI=1S/C14H24O5S/c1-20(16,17)19-13-10-14(15)18-12(13)9-5-8-11-6-3-2-4-7-11/h5,8,11-15H,2-4,6-7,9-10H2,1H3/b8-5-/t12-,13+,14?/m0/s1. The molecule has 1 saturated carbocycles. The maximum absolute atomic E-state index is 11.2. The Hall–Kier alpha value is -0.430. The van der Waals surface area contributed by atoms with Crippen LogP contribution in [0.5, 0.6) is 0 Å². The van der Waals surface area contributed by atoms with Gasteiger partial charge in [-0.15, -0.1) is 0 Å². The van der Waals surface area contributed by atoms with E-state index in [1.165, 1.54) is 32.1 Å². The van der Waals surface area contributed by atoms with Crippen molar-refractivity contribution < 1.29 is 22.4 Å². The molecule has 1 aliphatic heterocycles. The van der Waals surface area contributed by atoms with Crippen molar-refractivity contribution in [2.45, 2.75) is 63.4 Å². The average molecular weight is 304 g/mol. The molecular formula is C14H24O5S. The Morgan fingerprint density at radius 3 is 2.65 bits per heavy atom. The average Bonchev–Trinajstić information content (AvgIpc) is 2.68. The van der Waals surface area contributed by atoms with Crippen molar-refractivity contribution in [1.29, 1.82) is 0 Å². The van der Waals surface area contributed by atoms with E-state index in [4.69, 9.17) is 8.92 Å². The summed E-state index contributed by atoms with van der Waals surface area (Å²) in [5.74, 6) is 0.629. The van der Waals surface area contributed by atoms with E-state index in [-0.39, 0.29) is 12.5 Å². The van der Waals surface area contributed by atoms with Gasteiger partial charge in [-0.25, -0.2) is 0 Å². The van der Waals surface area contributed by atoms with Crippen LogP contribution >= 0.6 is 0 Å². The van der Waals surface area contributed by atoms with Gasteiger partial charge < -0.3 is 9.84 Å². The van der Waals surface area contributed by atoms with Gasteiger partial charge in [-0.1, -0.05) is 31.4 Å². The van der Waals surface area contributed by atoms with Crippen LogP contribution in [0.25, 0.3) is 0 Å². The maximum atomic E-state index is 11.2. The molecule has 0 aromatic heterocycles. The van der Waals surface area contributed by atoms with Crippen molar-refractivity contribution in [3.63, 3.8) is 0 Å². The molecular weight excluding hydrogens is 280 g/mol. The van der Waals surface area contributed by atoms with Gasteiger partial charge in [0.2, 0.25) is 0 Å². The smallest absolute Gasteiger partial charge is 0.264 e. The Balaban J connectivity index is 1.84. The van der Waals surface area contributed by atoms with E-state index >= 15 is 0 Å². The van der Waals surface area contributed by atoms with E-state index in [0.717, 1.165) is 6.26 Å². The molecule has 0 aromatic carbocycles. The molecule has 1 saturated heterocycles. The molecule has 6 heteroatoms. The number of ether oxygens (including phenoxy) is 1. The van der Waals surface area contributed by atoms with Gasteiger partial charge >= 0.3 is 0 Å². The third-order valence-corrected chi connectivity index (χ3v) is 4.50. The zero-order valence-electron chi connectivity index (χ0n) is 11.9. The van der Waals surface area contributed by atoms with Gasteiger partial charge in [-0.2, -0.15) is 8.42 Å². The van der Waals surface area contributed by atoms with E-state index in [1.807, 2.05) is 6.08 Å². The van der Waals surface area contributed by atoms with Crippen LogP contribution in [0.3, 0.4) is 0 Å². The molecule has 2 rings (SSSR count). The van der Waals surface area contributed by atoms with E-state index < -0.39 is 22.5 Å². The molecule has 116 valence electrons. The fourth-order valence-corrected chi connectivity index (χ4v) is 3.61. The molecule has 1 heterocycles. The zero-order valence-corrected chi connectivity index (χ0v) is 12.7. The van der Waals surface area contributed by atoms with Gasteiger partial charge in [0, 0.05) is 6.42 Å². The summed E-state index contributed by atoms with van der Waals surface area (Å²) < 4.78 is 32.7. The number of aliphatic hydroxyl groups excluding tert-OH is 1. The van der Waals surface area contributed by atoms with Gasteiger partial charge in [0.1, 0.15) is 6.10 Å². The van der Waals surface area contributed by atoms with Crippen LogP contribution in [0, 0.1) is 5.92 Å². The highest BCUT2D eigenvalue weighted by atomic mass is 32.2. The summed E-state index contributed by atoms with van der Waals surface area (Å²) in [5.41, 5.74) is 0. The lowest BCUT2D eigenvalue weighted by Gasteiger charge is -2.19. The summed E-state index contributed by atoms with van der Waals surface area (Å²) in [7, 11) is -3.52. The molecule has 0 spiro atoms. The van der Waals surface area contributed by atoms with Crippen molar-refractivity contribution in [3.8, 4) is 0 Å². The monoisotopic (exact) mass is 304 g/mol. The number of hydrogen-bond donors (Lipinski definition) is 1. The Morgan fingerprint density at radius 2 is 2.00 bits per heavy atom. The molecule has 0 radical (unpaired) electrons. The molecule has 2 fully saturated rings. The molecule has 20 heavy (non-hydrogen) atoms. The fourth-order valence-electron chi connectivity index (χ4n) is 2.96. The van der Waals surface area contributed by atoms with Crippen LogP contribution in [0.1, 0.15) is 44.9 Å². The Kier molecular flexibility index (Phi) is 5.60. The second kappa shape index (κ2) is 7.02. The molecule has 2 aliphatic rings. The number of rotatable bonds is 5. The molecule has 3 atom stereocenters. The topological polar surface area (TPSA) is 72.8 Å². The minimum Gasteiger partial charge on any atom is -0.368 e. The number of hydrogen-bond acceptors (Lipinski definition) is 5. The molecule has 0 aromatic rings. The maximum Gasteiger partial charge on any atom is 0.264 e. The van der Waals surface area contributed by atoms with Gasteiger partial charge in [-0.3, -0.25) is 4.18 Å². The highest BCUT2D eigenvalue weighted by molar-refractivity contribution is 7.86. The van der Waals surface area contributed by atoms with E-state index in [9.17, 15) is 13.5 Å². The van der Waals surface area contributed by atoms with Crippen LogP contribution in [0.2, 0.25) is 0 Å². The predicted molar refractivity (Wildman–Crippen MR) is 75.5 cm³/mol. The van der Waals surface area contributed by atoms with Crippen LogP contribution in [0.15, 0.2) is 12.2 Å². The Labute approximate surface area is 121 Å². The van der Waals surface area contributed by atoms with E-state index in [0.29, 0.717) is 12.3 Å². The Bertz CT molecular complexity index is 425. The minimum atomic E-state index is -3.52. The third-order valence-electron chi connectivity index (χ3n) is 3.91. The lowest BCUT2D eigenvalue weighted by atomic mass is 9.89. The van der Waals surface area contributed by atoms with Gasteiger partial charge in [-0.05, 0) is 25.2 Å². The summed E-state index contributed by atoms with van der Waals surface area (Å²) >= 11 is 0. The summed E-state index contributed by atoms with van der Waals surface area (Å²) in [6.07, 6.45) is 10.5. The molecule has 0 amide bonds. The van der Waals surface area contributed by atoms with Crippen molar-refractivity contribution in [3.05, 3.63) is 12.2 Å². The SMILES string of the molecule is CS(=O)(=O)O[C@@H]1CC(O)O[C@H]1C/C=C\C1CCCCC1. The fraction of sp³-hybridized carbons (Fsp3) is 0.857. The summed E-state index contributed by atoms with van der Waals surface area (Å²) in [5, 5.41) is 9.49. The first-order valence-corrected chi connectivity index (χ1v) is 9.14. The van der Waals surface area contributed by atoms with E-state index in [1.54, 1.807) is 0 Å². The largest absolute Gasteiger partial charge is 0.368 e. The van der Waals surface area contributed by atoms with Crippen LogP contribution in [-0.4, -0.2) is 38.3 Å². The van der Waals surface area contributed by atoms with Crippen molar-refractivity contribution in [2.24, 2.45) is 5.92 Å². The quantitative estimate of drug-likeness (QED) is 0.621. The summed E-state index contributed by atoms with van der Waals surface area (Å²) in [6, 6.07) is 0. The highest BCUT2D eigenvalue weighted by Gasteiger charge is 2.36. The molecule has 0 bridgehead atoms. The lowest BCUT2D eigenvalue weighted by molar-refractivity contribution is -0.0925. The molecule has 1 unspecified atom stereocenters. The summed E-state index contributed by atoms with van der Waals surface area (Å²) in [6.45, 7) is 0. The van der Waals surface area contributed by atoms with Crippen molar-refractivity contribution in [1.82, 2.24) is 0 Å². The van der Waals surface area contributed by atoms with Gasteiger partial charge in [0.05, 0.1) is 12.4 Å². The number of allylic oxidation sites excluding steroid dienone is 1. The number of aliphatic hydroxyl groups is 1. The summed E-state index contributed by atoms with van der Waals surface area (Å²) in [4.78, 5) is 0. The minimum absolute atomic E-state index is 0.203. The zero-order chi connectivity index (χ0) is 14.6. The third kappa shape index (κ3) is 5.16. The lowest BCUT2D eigenvalue weighted by Crippen LogP contribution is -2.26. The second-order valence-corrected chi connectivity index (χ2v) is 7.37. The molecule has 1 N–H and O–H groups in total.